The van der Waals surface area contributed by atoms with E-state index < -0.39 is 15.9 Å². The van der Waals surface area contributed by atoms with Crippen molar-refractivity contribution in [3.8, 4) is 5.75 Å². The van der Waals surface area contributed by atoms with Gasteiger partial charge in [-0.1, -0.05) is 37.0 Å². The molecule has 0 fully saturated rings. The summed E-state index contributed by atoms with van der Waals surface area (Å²) in [7, 11) is -2.33. The van der Waals surface area contributed by atoms with Crippen molar-refractivity contribution >= 4 is 44.8 Å². The molecular formula is C18H20Cl2N2O4S. The van der Waals surface area contributed by atoms with Gasteiger partial charge in [0.1, 0.15) is 10.6 Å². The predicted octanol–water partition coefficient (Wildman–Crippen LogP) is 4.28. The van der Waals surface area contributed by atoms with E-state index in [4.69, 9.17) is 27.9 Å². The molecule has 0 aliphatic carbocycles. The normalized spacial score (nSPS) is 11.5. The van der Waals surface area contributed by atoms with Gasteiger partial charge in [0.15, 0.2) is 0 Å². The number of benzene rings is 2. The molecule has 2 rings (SSSR count). The number of carbonyl (C=O) groups is 1. The van der Waals surface area contributed by atoms with Crippen LogP contribution in [0.5, 0.6) is 5.75 Å². The second-order valence-electron chi connectivity index (χ2n) is 5.53. The molecule has 0 bridgehead atoms. The van der Waals surface area contributed by atoms with E-state index in [1.54, 1.807) is 26.0 Å². The zero-order valence-electron chi connectivity index (χ0n) is 15.1. The summed E-state index contributed by atoms with van der Waals surface area (Å²) in [6, 6.07) is 8.95. The summed E-state index contributed by atoms with van der Waals surface area (Å²) in [5, 5.41) is 3.12. The highest BCUT2D eigenvalue weighted by Gasteiger charge is 2.25. The molecule has 1 amide bonds. The molecule has 146 valence electrons. The van der Waals surface area contributed by atoms with E-state index in [9.17, 15) is 13.2 Å². The summed E-state index contributed by atoms with van der Waals surface area (Å²) in [5.41, 5.74) is 0.519. The smallest absolute Gasteiger partial charge is 0.259 e. The van der Waals surface area contributed by atoms with Crippen LogP contribution >= 0.6 is 23.2 Å². The van der Waals surface area contributed by atoms with Gasteiger partial charge in [0.25, 0.3) is 5.91 Å². The van der Waals surface area contributed by atoms with E-state index in [-0.39, 0.29) is 21.2 Å². The van der Waals surface area contributed by atoms with Crippen molar-refractivity contribution in [3.63, 3.8) is 0 Å². The minimum absolute atomic E-state index is 0.0660. The number of nitrogens with one attached hydrogen (secondary N) is 1. The molecule has 2 aromatic rings. The third-order valence-electron chi connectivity index (χ3n) is 3.92. The molecule has 0 aromatic heterocycles. The Kier molecular flexibility index (Phi) is 7.11. The maximum Gasteiger partial charge on any atom is 0.259 e. The van der Waals surface area contributed by atoms with Gasteiger partial charge in [0.05, 0.1) is 17.7 Å². The number of ether oxygens (including phenoxy) is 1. The Bertz CT molecular complexity index is 944. The third-order valence-corrected chi connectivity index (χ3v) is 6.69. The summed E-state index contributed by atoms with van der Waals surface area (Å²) < 4.78 is 32.0. The number of sulfonamides is 1. The zero-order chi connectivity index (χ0) is 20.2. The van der Waals surface area contributed by atoms with E-state index in [2.05, 4.69) is 5.32 Å². The van der Waals surface area contributed by atoms with Crippen molar-refractivity contribution in [2.24, 2.45) is 0 Å². The van der Waals surface area contributed by atoms with Gasteiger partial charge in [-0.05, 0) is 36.4 Å². The first-order chi connectivity index (χ1) is 12.7. The van der Waals surface area contributed by atoms with Crippen molar-refractivity contribution in [1.82, 2.24) is 4.31 Å². The fraction of sp³-hybridized carbons (Fsp3) is 0.278. The number of anilines is 1. The summed E-state index contributed by atoms with van der Waals surface area (Å²) in [5.74, 6) is -0.135. The highest BCUT2D eigenvalue weighted by atomic mass is 35.5. The first-order valence-electron chi connectivity index (χ1n) is 8.19. The molecule has 6 nitrogen and oxygen atoms in total. The number of hydrogen-bond donors (Lipinski definition) is 1. The van der Waals surface area contributed by atoms with Crippen LogP contribution in [0.15, 0.2) is 41.3 Å². The second-order valence-corrected chi connectivity index (χ2v) is 8.28. The molecule has 0 saturated heterocycles. The average molecular weight is 431 g/mol. The van der Waals surface area contributed by atoms with Gasteiger partial charge in [-0.2, -0.15) is 4.31 Å². The Labute approximate surface area is 169 Å². The molecule has 0 unspecified atom stereocenters. The molecule has 0 aliphatic rings. The van der Waals surface area contributed by atoms with Crippen LogP contribution in [0.2, 0.25) is 10.0 Å². The van der Waals surface area contributed by atoms with E-state index >= 15 is 0 Å². The number of hydrogen-bond acceptors (Lipinski definition) is 4. The predicted molar refractivity (Wildman–Crippen MR) is 108 cm³/mol. The lowest BCUT2D eigenvalue weighted by Crippen LogP contribution is -2.30. The maximum atomic E-state index is 12.8. The van der Waals surface area contributed by atoms with E-state index in [0.717, 1.165) is 0 Å². The van der Waals surface area contributed by atoms with Gasteiger partial charge in [-0.3, -0.25) is 4.79 Å². The number of amides is 1. The standard InChI is InChI=1S/C18H20Cl2N2O4S/c1-4-22(5-2)27(24,25)17-11-13(7-8-15(17)20)21-18(23)14-10-12(19)6-9-16(14)26-3/h6-11H,4-5H2,1-3H3,(H,21,23). The van der Waals surface area contributed by atoms with E-state index in [1.807, 2.05) is 0 Å². The molecule has 0 radical (unpaired) electrons. The number of rotatable bonds is 7. The van der Waals surface area contributed by atoms with Gasteiger partial charge in [0, 0.05) is 23.8 Å². The van der Waals surface area contributed by atoms with Gasteiger partial charge < -0.3 is 10.1 Å². The van der Waals surface area contributed by atoms with Crippen LogP contribution in [0.1, 0.15) is 24.2 Å². The Morgan fingerprint density at radius 3 is 2.37 bits per heavy atom. The van der Waals surface area contributed by atoms with Crippen molar-refractivity contribution in [3.05, 3.63) is 52.0 Å². The van der Waals surface area contributed by atoms with Crippen molar-refractivity contribution < 1.29 is 17.9 Å². The lowest BCUT2D eigenvalue weighted by Gasteiger charge is -2.20. The highest BCUT2D eigenvalue weighted by Crippen LogP contribution is 2.29. The van der Waals surface area contributed by atoms with Crippen LogP contribution in [0.25, 0.3) is 0 Å². The minimum Gasteiger partial charge on any atom is -0.496 e. The number of carbonyl (C=O) groups excluding carboxylic acids is 1. The second kappa shape index (κ2) is 8.93. The monoisotopic (exact) mass is 430 g/mol. The quantitative estimate of drug-likeness (QED) is 0.710. The Hall–Kier alpha value is -1.80. The number of nitrogens with zero attached hydrogens (tertiary/aromatic N) is 1. The zero-order valence-corrected chi connectivity index (χ0v) is 17.5. The Balaban J connectivity index is 2.39. The van der Waals surface area contributed by atoms with Crippen LogP contribution in [-0.2, 0) is 10.0 Å². The summed E-state index contributed by atoms with van der Waals surface area (Å²) >= 11 is 12.1. The van der Waals surface area contributed by atoms with Crippen LogP contribution in [0, 0.1) is 0 Å². The summed E-state index contributed by atoms with van der Waals surface area (Å²) in [6.07, 6.45) is 0. The summed E-state index contributed by atoms with van der Waals surface area (Å²) in [4.78, 5) is 12.5. The molecule has 0 heterocycles. The van der Waals surface area contributed by atoms with E-state index in [1.165, 1.54) is 35.7 Å². The average Bonchev–Trinajstić information content (AvgIpc) is 2.63. The van der Waals surface area contributed by atoms with Gasteiger partial charge >= 0.3 is 0 Å². The largest absolute Gasteiger partial charge is 0.496 e. The molecule has 1 N–H and O–H groups in total. The fourth-order valence-electron chi connectivity index (χ4n) is 2.54. The molecule has 2 aromatic carbocycles. The Morgan fingerprint density at radius 2 is 1.78 bits per heavy atom. The molecule has 0 aliphatic heterocycles. The van der Waals surface area contributed by atoms with Crippen LogP contribution in [0.4, 0.5) is 5.69 Å². The highest BCUT2D eigenvalue weighted by molar-refractivity contribution is 7.89. The van der Waals surface area contributed by atoms with Crippen LogP contribution in [0.3, 0.4) is 0 Å². The SMILES string of the molecule is CCN(CC)S(=O)(=O)c1cc(NC(=O)c2cc(Cl)ccc2OC)ccc1Cl. The molecule has 27 heavy (non-hydrogen) atoms. The summed E-state index contributed by atoms with van der Waals surface area (Å²) in [6.45, 7) is 4.11. The Morgan fingerprint density at radius 1 is 1.11 bits per heavy atom. The molecule has 0 atom stereocenters. The molecular weight excluding hydrogens is 411 g/mol. The first kappa shape index (κ1) is 21.5. The van der Waals surface area contributed by atoms with Crippen LogP contribution in [-0.4, -0.2) is 38.8 Å². The van der Waals surface area contributed by atoms with E-state index in [0.29, 0.717) is 23.9 Å². The molecule has 9 heteroatoms. The molecule has 0 saturated carbocycles. The minimum atomic E-state index is -3.77. The topological polar surface area (TPSA) is 75.7 Å². The van der Waals surface area contributed by atoms with Crippen molar-refractivity contribution in [1.29, 1.82) is 0 Å². The van der Waals surface area contributed by atoms with Crippen molar-refractivity contribution in [2.45, 2.75) is 18.7 Å². The maximum absolute atomic E-state index is 12.8. The molecule has 0 spiro atoms. The van der Waals surface area contributed by atoms with Gasteiger partial charge in [-0.25, -0.2) is 8.42 Å². The van der Waals surface area contributed by atoms with Crippen molar-refractivity contribution in [2.75, 3.05) is 25.5 Å². The van der Waals surface area contributed by atoms with Gasteiger partial charge in [0.2, 0.25) is 10.0 Å². The lowest BCUT2D eigenvalue weighted by atomic mass is 10.2. The first-order valence-corrected chi connectivity index (χ1v) is 10.4. The number of methoxy groups -OCH3 is 1. The third kappa shape index (κ3) is 4.73. The van der Waals surface area contributed by atoms with Crippen LogP contribution < -0.4 is 10.1 Å². The lowest BCUT2D eigenvalue weighted by molar-refractivity contribution is 0.102. The van der Waals surface area contributed by atoms with Gasteiger partial charge in [-0.15, -0.1) is 0 Å². The number of halogens is 2. The fourth-order valence-corrected chi connectivity index (χ4v) is 4.67.